The van der Waals surface area contributed by atoms with Gasteiger partial charge in [-0.25, -0.2) is 0 Å². The highest BCUT2D eigenvalue weighted by Gasteiger charge is 2.28. The average Bonchev–Trinajstić information content (AvgIpc) is 2.76. The molecule has 1 rings (SSSR count). The van der Waals surface area contributed by atoms with Crippen molar-refractivity contribution in [2.24, 2.45) is 5.92 Å². The standard InChI is InChI=1S/C27H52O5/c1-3-4-5-6-7-8-9-10-11-12-13-14-15-16-19-24(27(29)30)25(28)22-23(2)32-26-20-17-18-21-31-26/h23-26,28H,3-22H2,1-2H3,(H,29,30). The van der Waals surface area contributed by atoms with Gasteiger partial charge in [0.05, 0.1) is 18.1 Å². The molecule has 4 unspecified atom stereocenters. The second-order valence-electron chi connectivity index (χ2n) is 9.88. The Balaban J connectivity index is 2.03. The molecule has 1 saturated heterocycles. The van der Waals surface area contributed by atoms with Gasteiger partial charge in [0.15, 0.2) is 6.29 Å². The van der Waals surface area contributed by atoms with Gasteiger partial charge >= 0.3 is 5.97 Å². The van der Waals surface area contributed by atoms with Crippen LogP contribution in [0.2, 0.25) is 0 Å². The number of carboxylic acid groups (broad SMARTS) is 1. The monoisotopic (exact) mass is 456 g/mol. The molecule has 0 aromatic carbocycles. The summed E-state index contributed by atoms with van der Waals surface area (Å²) in [6, 6.07) is 0. The summed E-state index contributed by atoms with van der Waals surface area (Å²) in [5.41, 5.74) is 0. The van der Waals surface area contributed by atoms with Gasteiger partial charge in [0.25, 0.3) is 0 Å². The molecule has 0 amide bonds. The van der Waals surface area contributed by atoms with E-state index in [1.165, 1.54) is 70.6 Å². The zero-order chi connectivity index (χ0) is 23.4. The maximum atomic E-state index is 11.7. The van der Waals surface area contributed by atoms with E-state index in [0.717, 1.165) is 45.1 Å². The average molecular weight is 457 g/mol. The van der Waals surface area contributed by atoms with E-state index in [0.29, 0.717) is 12.8 Å². The molecule has 0 radical (unpaired) electrons. The fourth-order valence-electron chi connectivity index (χ4n) is 4.68. The smallest absolute Gasteiger partial charge is 0.309 e. The first-order chi connectivity index (χ1) is 15.5. The summed E-state index contributed by atoms with van der Waals surface area (Å²) in [4.78, 5) is 11.7. The van der Waals surface area contributed by atoms with Gasteiger partial charge < -0.3 is 19.7 Å². The Kier molecular flexibility index (Phi) is 18.2. The molecule has 32 heavy (non-hydrogen) atoms. The highest BCUT2D eigenvalue weighted by molar-refractivity contribution is 5.70. The molecule has 0 aliphatic carbocycles. The molecule has 1 heterocycles. The van der Waals surface area contributed by atoms with Crippen molar-refractivity contribution in [1.29, 1.82) is 0 Å². The Morgan fingerprint density at radius 3 is 1.91 bits per heavy atom. The fraction of sp³-hybridized carbons (Fsp3) is 0.963. The summed E-state index contributed by atoms with van der Waals surface area (Å²) in [7, 11) is 0. The van der Waals surface area contributed by atoms with Crippen LogP contribution in [-0.2, 0) is 14.3 Å². The Hall–Kier alpha value is -0.650. The Bertz CT molecular complexity index is 436. The molecule has 190 valence electrons. The topological polar surface area (TPSA) is 76.0 Å². The number of hydrogen-bond donors (Lipinski definition) is 2. The molecule has 0 spiro atoms. The number of aliphatic hydroxyl groups is 1. The molecule has 0 bridgehead atoms. The van der Waals surface area contributed by atoms with Gasteiger partial charge in [0.1, 0.15) is 0 Å². The summed E-state index contributed by atoms with van der Waals surface area (Å²) in [6.07, 6.45) is 20.6. The third-order valence-electron chi connectivity index (χ3n) is 6.75. The van der Waals surface area contributed by atoms with Crippen molar-refractivity contribution >= 4 is 5.97 Å². The van der Waals surface area contributed by atoms with Gasteiger partial charge in [-0.2, -0.15) is 0 Å². The highest BCUT2D eigenvalue weighted by atomic mass is 16.7. The first-order valence-electron chi connectivity index (χ1n) is 13.7. The third-order valence-corrected chi connectivity index (χ3v) is 6.75. The molecule has 1 aliphatic heterocycles. The lowest BCUT2D eigenvalue weighted by atomic mass is 9.92. The molecular weight excluding hydrogens is 404 g/mol. The van der Waals surface area contributed by atoms with Crippen LogP contribution in [0.25, 0.3) is 0 Å². The van der Waals surface area contributed by atoms with Crippen LogP contribution in [0, 0.1) is 5.92 Å². The predicted molar refractivity (Wildman–Crippen MR) is 131 cm³/mol. The van der Waals surface area contributed by atoms with Crippen LogP contribution in [0.15, 0.2) is 0 Å². The maximum absolute atomic E-state index is 11.7. The van der Waals surface area contributed by atoms with Crippen LogP contribution in [0.5, 0.6) is 0 Å². The largest absolute Gasteiger partial charge is 0.481 e. The fourth-order valence-corrected chi connectivity index (χ4v) is 4.68. The first-order valence-corrected chi connectivity index (χ1v) is 13.7. The number of rotatable bonds is 21. The number of carboxylic acids is 1. The van der Waals surface area contributed by atoms with Gasteiger partial charge in [-0.3, -0.25) is 4.79 Å². The van der Waals surface area contributed by atoms with E-state index in [4.69, 9.17) is 9.47 Å². The summed E-state index contributed by atoms with van der Waals surface area (Å²) in [5.74, 6) is -1.60. The molecule has 1 aliphatic rings. The lowest BCUT2D eigenvalue weighted by Gasteiger charge is -2.28. The van der Waals surface area contributed by atoms with Crippen molar-refractivity contribution in [3.8, 4) is 0 Å². The molecule has 5 nitrogen and oxygen atoms in total. The second kappa shape index (κ2) is 19.8. The number of aliphatic hydroxyl groups excluding tert-OH is 1. The van der Waals surface area contributed by atoms with E-state index < -0.39 is 18.0 Å². The quantitative estimate of drug-likeness (QED) is 0.178. The second-order valence-corrected chi connectivity index (χ2v) is 9.88. The van der Waals surface area contributed by atoms with E-state index >= 15 is 0 Å². The molecule has 4 atom stereocenters. The minimum absolute atomic E-state index is 0.203. The van der Waals surface area contributed by atoms with Crippen LogP contribution < -0.4 is 0 Å². The van der Waals surface area contributed by atoms with Crippen molar-refractivity contribution in [1.82, 2.24) is 0 Å². The SMILES string of the molecule is CCCCCCCCCCCCCCCCC(C(=O)O)C(O)CC(C)OC1CCCCO1. The molecule has 0 aromatic heterocycles. The summed E-state index contributed by atoms with van der Waals surface area (Å²) >= 11 is 0. The zero-order valence-electron chi connectivity index (χ0n) is 21.1. The summed E-state index contributed by atoms with van der Waals surface area (Å²) < 4.78 is 11.4. The number of carbonyl (C=O) groups is 1. The molecule has 0 saturated carbocycles. The van der Waals surface area contributed by atoms with Gasteiger partial charge in [-0.1, -0.05) is 96.8 Å². The lowest BCUT2D eigenvalue weighted by molar-refractivity contribution is -0.190. The van der Waals surface area contributed by atoms with E-state index in [1.54, 1.807) is 0 Å². The molecule has 5 heteroatoms. The lowest BCUT2D eigenvalue weighted by Crippen LogP contribution is -2.34. The molecule has 1 fully saturated rings. The van der Waals surface area contributed by atoms with Gasteiger partial charge in [0.2, 0.25) is 0 Å². The Morgan fingerprint density at radius 2 is 1.44 bits per heavy atom. The van der Waals surface area contributed by atoms with Crippen LogP contribution in [-0.4, -0.2) is 41.3 Å². The normalized spacial score (nSPS) is 19.5. The van der Waals surface area contributed by atoms with Gasteiger partial charge in [0, 0.05) is 13.0 Å². The van der Waals surface area contributed by atoms with Crippen molar-refractivity contribution in [3.05, 3.63) is 0 Å². The zero-order valence-corrected chi connectivity index (χ0v) is 21.1. The minimum Gasteiger partial charge on any atom is -0.481 e. The predicted octanol–water partition coefficient (Wildman–Crippen LogP) is 7.24. The van der Waals surface area contributed by atoms with Crippen LogP contribution in [0.1, 0.15) is 136 Å². The van der Waals surface area contributed by atoms with E-state index in [-0.39, 0.29) is 12.4 Å². The van der Waals surface area contributed by atoms with Crippen molar-refractivity contribution in [3.63, 3.8) is 0 Å². The van der Waals surface area contributed by atoms with Crippen molar-refractivity contribution < 1.29 is 24.5 Å². The van der Waals surface area contributed by atoms with E-state index in [2.05, 4.69) is 6.92 Å². The Morgan fingerprint density at radius 1 is 0.906 bits per heavy atom. The highest BCUT2D eigenvalue weighted by Crippen LogP contribution is 2.22. The van der Waals surface area contributed by atoms with Crippen LogP contribution in [0.3, 0.4) is 0 Å². The van der Waals surface area contributed by atoms with E-state index in [1.807, 2.05) is 6.92 Å². The molecular formula is C27H52O5. The molecule has 2 N–H and O–H groups in total. The number of unbranched alkanes of at least 4 members (excludes halogenated alkanes) is 13. The summed E-state index contributed by atoms with van der Waals surface area (Å²) in [6.45, 7) is 4.88. The third kappa shape index (κ3) is 15.2. The van der Waals surface area contributed by atoms with Crippen molar-refractivity contribution in [2.45, 2.75) is 154 Å². The number of hydrogen-bond acceptors (Lipinski definition) is 4. The maximum Gasteiger partial charge on any atom is 0.309 e. The van der Waals surface area contributed by atoms with Crippen molar-refractivity contribution in [2.75, 3.05) is 6.61 Å². The number of aliphatic carboxylic acids is 1. The van der Waals surface area contributed by atoms with Gasteiger partial charge in [-0.05, 0) is 32.6 Å². The van der Waals surface area contributed by atoms with E-state index in [9.17, 15) is 15.0 Å². The molecule has 0 aromatic rings. The Labute approximate surface area is 197 Å². The summed E-state index contributed by atoms with van der Waals surface area (Å²) in [5, 5.41) is 20.0. The van der Waals surface area contributed by atoms with Crippen LogP contribution in [0.4, 0.5) is 0 Å². The number of ether oxygens (including phenoxy) is 2. The minimum atomic E-state index is -0.895. The first kappa shape index (κ1) is 29.4. The van der Waals surface area contributed by atoms with Gasteiger partial charge in [-0.15, -0.1) is 0 Å². The van der Waals surface area contributed by atoms with Crippen LogP contribution >= 0.6 is 0 Å².